The van der Waals surface area contributed by atoms with Gasteiger partial charge in [-0.1, -0.05) is 6.07 Å². The van der Waals surface area contributed by atoms with Gasteiger partial charge in [0.25, 0.3) is 10.0 Å². The Hall–Kier alpha value is -2.19. The Morgan fingerprint density at radius 1 is 1.25 bits per heavy atom. The third-order valence-electron chi connectivity index (χ3n) is 2.61. The van der Waals surface area contributed by atoms with Crippen molar-refractivity contribution < 1.29 is 12.8 Å². The first kappa shape index (κ1) is 14.2. The van der Waals surface area contributed by atoms with E-state index in [9.17, 15) is 12.8 Å². The number of anilines is 2. The molecule has 1 aromatic heterocycles. The molecule has 0 aliphatic rings. The molecule has 1 heterocycles. The summed E-state index contributed by atoms with van der Waals surface area (Å²) in [7, 11) is -3.83. The molecule has 6 nitrogen and oxygen atoms in total. The summed E-state index contributed by atoms with van der Waals surface area (Å²) in [5.41, 5.74) is 2.84. The normalized spacial score (nSPS) is 11.2. The van der Waals surface area contributed by atoms with Gasteiger partial charge in [-0.15, -0.1) is 0 Å². The van der Waals surface area contributed by atoms with Gasteiger partial charge in [0.2, 0.25) is 0 Å². The number of hydrazine groups is 1. The predicted molar refractivity (Wildman–Crippen MR) is 74.0 cm³/mol. The molecule has 0 saturated carbocycles. The molecule has 0 unspecified atom stereocenters. The van der Waals surface area contributed by atoms with Gasteiger partial charge >= 0.3 is 0 Å². The molecule has 0 atom stereocenters. The van der Waals surface area contributed by atoms with Crippen molar-refractivity contribution in [2.75, 3.05) is 10.1 Å². The van der Waals surface area contributed by atoms with Gasteiger partial charge in [0.15, 0.2) is 0 Å². The third-order valence-corrected chi connectivity index (χ3v) is 3.99. The number of nitrogens with zero attached hydrogens (tertiary/aromatic N) is 1. The largest absolute Gasteiger partial charge is 0.308 e. The molecule has 0 fully saturated rings. The zero-order chi connectivity index (χ0) is 14.8. The number of sulfonamides is 1. The average Bonchev–Trinajstić information content (AvgIpc) is 2.43. The first-order valence-corrected chi connectivity index (χ1v) is 7.12. The summed E-state index contributed by atoms with van der Waals surface area (Å²) in [6.07, 6.45) is 1.31. The van der Waals surface area contributed by atoms with Crippen LogP contribution < -0.4 is 16.0 Å². The highest BCUT2D eigenvalue weighted by Crippen LogP contribution is 2.19. The topological polar surface area (TPSA) is 97.1 Å². The summed E-state index contributed by atoms with van der Waals surface area (Å²) in [6, 6.07) is 6.68. The monoisotopic (exact) mass is 296 g/mol. The lowest BCUT2D eigenvalue weighted by Crippen LogP contribution is -2.15. The fourth-order valence-corrected chi connectivity index (χ4v) is 2.59. The molecule has 4 N–H and O–H groups in total. The summed E-state index contributed by atoms with van der Waals surface area (Å²) in [5, 5.41) is 0. The van der Waals surface area contributed by atoms with E-state index >= 15 is 0 Å². The highest BCUT2D eigenvalue weighted by Gasteiger charge is 2.15. The number of halogens is 1. The van der Waals surface area contributed by atoms with E-state index in [0.717, 1.165) is 6.07 Å². The van der Waals surface area contributed by atoms with Gasteiger partial charge < -0.3 is 5.43 Å². The van der Waals surface area contributed by atoms with Crippen molar-refractivity contribution in [2.24, 2.45) is 5.84 Å². The fraction of sp³-hybridized carbons (Fsp3) is 0.0833. The van der Waals surface area contributed by atoms with Crippen LogP contribution in [0.15, 0.2) is 41.4 Å². The van der Waals surface area contributed by atoms with E-state index in [1.807, 2.05) is 0 Å². The van der Waals surface area contributed by atoms with Crippen molar-refractivity contribution in [2.45, 2.75) is 11.8 Å². The predicted octanol–water partition coefficient (Wildman–Crippen LogP) is 1.62. The van der Waals surface area contributed by atoms with Crippen LogP contribution in [-0.4, -0.2) is 13.4 Å². The molecule has 20 heavy (non-hydrogen) atoms. The zero-order valence-electron chi connectivity index (χ0n) is 10.6. The Morgan fingerprint density at radius 2 is 2.00 bits per heavy atom. The number of pyridine rings is 1. The number of benzene rings is 1. The van der Waals surface area contributed by atoms with E-state index in [1.54, 1.807) is 6.92 Å². The van der Waals surface area contributed by atoms with Crippen molar-refractivity contribution in [3.63, 3.8) is 0 Å². The van der Waals surface area contributed by atoms with Crippen LogP contribution in [-0.2, 0) is 10.0 Å². The van der Waals surface area contributed by atoms with Crippen molar-refractivity contribution in [3.8, 4) is 0 Å². The molecular weight excluding hydrogens is 283 g/mol. The van der Waals surface area contributed by atoms with Crippen LogP contribution in [0.25, 0.3) is 0 Å². The number of nitrogens with one attached hydrogen (secondary N) is 2. The maximum absolute atomic E-state index is 13.4. The number of aryl methyl sites for hydroxylation is 1. The van der Waals surface area contributed by atoms with E-state index < -0.39 is 15.8 Å². The molecule has 2 aromatic rings. The highest BCUT2D eigenvalue weighted by molar-refractivity contribution is 7.92. The van der Waals surface area contributed by atoms with Crippen LogP contribution in [0.1, 0.15) is 5.56 Å². The van der Waals surface area contributed by atoms with E-state index in [0.29, 0.717) is 5.56 Å². The Balaban J connectivity index is 2.32. The van der Waals surface area contributed by atoms with Crippen molar-refractivity contribution >= 4 is 21.5 Å². The third kappa shape index (κ3) is 3.03. The first-order chi connectivity index (χ1) is 9.42. The number of hydrogen-bond donors (Lipinski definition) is 3. The van der Waals surface area contributed by atoms with Crippen molar-refractivity contribution in [1.82, 2.24) is 4.98 Å². The minimum Gasteiger partial charge on any atom is -0.308 e. The molecule has 2 rings (SSSR count). The van der Waals surface area contributed by atoms with Gasteiger partial charge in [0, 0.05) is 12.3 Å². The lowest BCUT2D eigenvalue weighted by molar-refractivity contribution is 0.601. The quantitative estimate of drug-likeness (QED) is 0.588. The van der Waals surface area contributed by atoms with E-state index in [2.05, 4.69) is 15.1 Å². The van der Waals surface area contributed by atoms with Crippen molar-refractivity contribution in [3.05, 3.63) is 47.9 Å². The standard InChI is InChI=1S/C12H13FN4O2S/c1-8-2-3-9(6-11(8)13)17-20(18,19)10-4-5-15-12(7-10)16-14/h2-7,17H,14H2,1H3,(H,15,16). The van der Waals surface area contributed by atoms with Gasteiger partial charge in [-0.05, 0) is 30.7 Å². The Kier molecular flexibility index (Phi) is 3.86. The summed E-state index contributed by atoms with van der Waals surface area (Å²) < 4.78 is 40.0. The number of rotatable bonds is 4. The lowest BCUT2D eigenvalue weighted by Gasteiger charge is -2.09. The second kappa shape index (κ2) is 5.43. The average molecular weight is 296 g/mol. The van der Waals surface area contributed by atoms with E-state index in [1.165, 1.54) is 30.5 Å². The molecule has 0 bridgehead atoms. The summed E-state index contributed by atoms with van der Waals surface area (Å²) in [4.78, 5) is 3.79. The summed E-state index contributed by atoms with van der Waals surface area (Å²) in [5.74, 6) is 4.90. The summed E-state index contributed by atoms with van der Waals surface area (Å²) in [6.45, 7) is 1.59. The number of nitrogens with two attached hydrogens (primary N) is 1. The van der Waals surface area contributed by atoms with Crippen LogP contribution in [0.5, 0.6) is 0 Å². The Morgan fingerprint density at radius 3 is 2.65 bits per heavy atom. The molecule has 1 aromatic carbocycles. The molecular formula is C12H13FN4O2S. The smallest absolute Gasteiger partial charge is 0.262 e. The number of nitrogen functional groups attached to an aromatic ring is 1. The van der Waals surface area contributed by atoms with Crippen LogP contribution >= 0.6 is 0 Å². The van der Waals surface area contributed by atoms with E-state index in [-0.39, 0.29) is 16.4 Å². The summed E-state index contributed by atoms with van der Waals surface area (Å²) >= 11 is 0. The molecule has 0 amide bonds. The van der Waals surface area contributed by atoms with Crippen LogP contribution in [0, 0.1) is 12.7 Å². The first-order valence-electron chi connectivity index (χ1n) is 5.64. The van der Waals surface area contributed by atoms with Crippen LogP contribution in [0.2, 0.25) is 0 Å². The molecule has 0 radical (unpaired) electrons. The van der Waals surface area contributed by atoms with Crippen LogP contribution in [0.3, 0.4) is 0 Å². The minimum atomic E-state index is -3.83. The number of hydrogen-bond acceptors (Lipinski definition) is 5. The highest BCUT2D eigenvalue weighted by atomic mass is 32.2. The molecule has 106 valence electrons. The van der Waals surface area contributed by atoms with Crippen LogP contribution in [0.4, 0.5) is 15.9 Å². The molecule has 0 aliphatic heterocycles. The second-order valence-corrected chi connectivity index (χ2v) is 5.77. The maximum atomic E-state index is 13.4. The zero-order valence-corrected chi connectivity index (χ0v) is 11.4. The van der Waals surface area contributed by atoms with Gasteiger partial charge in [-0.2, -0.15) is 0 Å². The number of aromatic nitrogens is 1. The van der Waals surface area contributed by atoms with Crippen molar-refractivity contribution in [1.29, 1.82) is 0 Å². The van der Waals surface area contributed by atoms with E-state index in [4.69, 9.17) is 5.84 Å². The molecule has 0 spiro atoms. The fourth-order valence-electron chi connectivity index (χ4n) is 1.53. The maximum Gasteiger partial charge on any atom is 0.262 e. The molecule has 8 heteroatoms. The van der Waals surface area contributed by atoms with Gasteiger partial charge in [-0.25, -0.2) is 23.6 Å². The Labute approximate surface area is 115 Å². The van der Waals surface area contributed by atoms with Gasteiger partial charge in [-0.3, -0.25) is 4.72 Å². The van der Waals surface area contributed by atoms with Gasteiger partial charge in [0.05, 0.1) is 10.6 Å². The molecule has 0 saturated heterocycles. The second-order valence-electron chi connectivity index (χ2n) is 4.09. The van der Waals surface area contributed by atoms with Gasteiger partial charge in [0.1, 0.15) is 11.6 Å². The Bertz CT molecular complexity index is 734. The lowest BCUT2D eigenvalue weighted by atomic mass is 10.2. The minimum absolute atomic E-state index is 0.0265. The SMILES string of the molecule is Cc1ccc(NS(=O)(=O)c2ccnc(NN)c2)cc1F. The molecule has 0 aliphatic carbocycles.